The highest BCUT2D eigenvalue weighted by Gasteiger charge is 2.21. The Morgan fingerprint density at radius 3 is 2.45 bits per heavy atom. The molecule has 0 saturated heterocycles. The van der Waals surface area contributed by atoms with Crippen LogP contribution in [0, 0.1) is 5.82 Å². The van der Waals surface area contributed by atoms with Crippen molar-refractivity contribution in [2.75, 3.05) is 36.4 Å². The monoisotopic (exact) mass is 425 g/mol. The molecule has 0 spiro atoms. The Morgan fingerprint density at radius 2 is 1.81 bits per heavy atom. The number of rotatable bonds is 8. The Labute approximate surface area is 180 Å². The first-order valence-electron chi connectivity index (χ1n) is 9.59. The fourth-order valence-corrected chi connectivity index (χ4v) is 2.85. The molecule has 162 valence electrons. The molecule has 8 nitrogen and oxygen atoms in total. The van der Waals surface area contributed by atoms with E-state index in [2.05, 4.69) is 20.6 Å². The van der Waals surface area contributed by atoms with Gasteiger partial charge in [0.25, 0.3) is 0 Å². The van der Waals surface area contributed by atoms with E-state index in [4.69, 9.17) is 9.47 Å². The maximum absolute atomic E-state index is 13.2. The van der Waals surface area contributed by atoms with E-state index in [0.29, 0.717) is 35.5 Å². The molecule has 0 aliphatic carbocycles. The van der Waals surface area contributed by atoms with Crippen molar-refractivity contribution in [2.45, 2.75) is 13.0 Å². The highest BCUT2D eigenvalue weighted by atomic mass is 19.1. The van der Waals surface area contributed by atoms with E-state index in [9.17, 15) is 9.18 Å². The minimum absolute atomic E-state index is 0.0253. The number of nitrogens with zero attached hydrogens (tertiary/aromatic N) is 3. The third-order valence-corrected chi connectivity index (χ3v) is 4.29. The number of hydrogen-bond acceptors (Lipinski definition) is 6. The largest absolute Gasteiger partial charge is 0.497 e. The number of nitrogens with one attached hydrogen (secondary N) is 2. The molecule has 2 amide bonds. The molecular weight excluding hydrogens is 401 g/mol. The third-order valence-electron chi connectivity index (χ3n) is 4.29. The van der Waals surface area contributed by atoms with Crippen molar-refractivity contribution < 1.29 is 18.7 Å². The van der Waals surface area contributed by atoms with Crippen LogP contribution in [0.5, 0.6) is 5.75 Å². The lowest BCUT2D eigenvalue weighted by Crippen LogP contribution is -2.32. The average molecular weight is 425 g/mol. The van der Waals surface area contributed by atoms with E-state index in [-0.39, 0.29) is 11.9 Å². The van der Waals surface area contributed by atoms with Crippen LogP contribution < -0.4 is 20.3 Å². The summed E-state index contributed by atoms with van der Waals surface area (Å²) in [7, 11) is 3.18. The van der Waals surface area contributed by atoms with Gasteiger partial charge in [0.2, 0.25) is 5.95 Å². The first kappa shape index (κ1) is 22.0. The minimum atomic E-state index is -0.466. The first-order chi connectivity index (χ1) is 15.0. The normalized spacial score (nSPS) is 11.5. The molecule has 2 aromatic carbocycles. The molecule has 0 bridgehead atoms. The quantitative estimate of drug-likeness (QED) is 0.555. The first-order valence-corrected chi connectivity index (χ1v) is 9.59. The second kappa shape index (κ2) is 10.4. The summed E-state index contributed by atoms with van der Waals surface area (Å²) in [6, 6.07) is 13.6. The fourth-order valence-electron chi connectivity index (χ4n) is 2.85. The van der Waals surface area contributed by atoms with E-state index in [1.54, 1.807) is 50.7 Å². The van der Waals surface area contributed by atoms with Crippen LogP contribution in [-0.4, -0.2) is 42.9 Å². The maximum Gasteiger partial charge on any atom is 0.332 e. The molecule has 31 heavy (non-hydrogen) atoms. The van der Waals surface area contributed by atoms with Gasteiger partial charge in [0.05, 0.1) is 19.4 Å². The minimum Gasteiger partial charge on any atom is -0.497 e. The second-order valence-corrected chi connectivity index (χ2v) is 6.71. The third kappa shape index (κ3) is 5.89. The molecular formula is C22H24FN5O3. The smallest absolute Gasteiger partial charge is 0.332 e. The molecule has 0 aliphatic heterocycles. The number of ether oxygens (including phenoxy) is 2. The van der Waals surface area contributed by atoms with Gasteiger partial charge in [-0.2, -0.15) is 4.98 Å². The summed E-state index contributed by atoms with van der Waals surface area (Å²) in [5.74, 6) is 0.977. The van der Waals surface area contributed by atoms with E-state index < -0.39 is 6.03 Å². The van der Waals surface area contributed by atoms with Gasteiger partial charge in [0.15, 0.2) is 0 Å². The topological polar surface area (TPSA) is 88.6 Å². The number of amides is 2. The molecule has 3 aromatic rings. The molecule has 9 heteroatoms. The molecule has 0 unspecified atom stereocenters. The summed E-state index contributed by atoms with van der Waals surface area (Å²) in [6.45, 7) is 2.41. The van der Waals surface area contributed by atoms with E-state index in [1.165, 1.54) is 29.2 Å². The number of methoxy groups -OCH3 is 2. The van der Waals surface area contributed by atoms with Gasteiger partial charge in [-0.25, -0.2) is 19.1 Å². The summed E-state index contributed by atoms with van der Waals surface area (Å²) >= 11 is 0. The van der Waals surface area contributed by atoms with Gasteiger partial charge < -0.3 is 20.1 Å². The van der Waals surface area contributed by atoms with Crippen LogP contribution in [0.4, 0.5) is 32.3 Å². The summed E-state index contributed by atoms with van der Waals surface area (Å²) in [5, 5.41) is 5.90. The van der Waals surface area contributed by atoms with Gasteiger partial charge in [-0.15, -0.1) is 0 Å². The lowest BCUT2D eigenvalue weighted by molar-refractivity contribution is 0.190. The summed E-state index contributed by atoms with van der Waals surface area (Å²) in [4.78, 5) is 23.3. The Bertz CT molecular complexity index is 999. The van der Waals surface area contributed by atoms with Gasteiger partial charge >= 0.3 is 6.03 Å². The summed E-state index contributed by atoms with van der Waals surface area (Å²) < 4.78 is 23.6. The fraction of sp³-hybridized carbons (Fsp3) is 0.227. The zero-order valence-electron chi connectivity index (χ0n) is 17.5. The van der Waals surface area contributed by atoms with Crippen molar-refractivity contribution in [1.29, 1.82) is 0 Å². The summed E-state index contributed by atoms with van der Waals surface area (Å²) in [6.07, 6.45) is 1.56. The zero-order valence-corrected chi connectivity index (χ0v) is 17.5. The lowest BCUT2D eigenvalue weighted by Gasteiger charge is -2.23. The van der Waals surface area contributed by atoms with E-state index >= 15 is 0 Å². The predicted octanol–water partition coefficient (Wildman–Crippen LogP) is 4.44. The van der Waals surface area contributed by atoms with Crippen molar-refractivity contribution in [1.82, 2.24) is 9.97 Å². The Hall–Kier alpha value is -3.72. The van der Waals surface area contributed by atoms with Crippen molar-refractivity contribution in [3.05, 3.63) is 66.6 Å². The number of halogens is 1. The highest BCUT2D eigenvalue weighted by molar-refractivity contribution is 6.06. The van der Waals surface area contributed by atoms with Crippen LogP contribution in [0.1, 0.15) is 6.92 Å². The van der Waals surface area contributed by atoms with Crippen molar-refractivity contribution >= 4 is 29.2 Å². The van der Waals surface area contributed by atoms with Gasteiger partial charge in [-0.1, -0.05) is 0 Å². The number of carbonyl (C=O) groups excluding carboxylic acids is 1. The molecule has 2 N–H and O–H groups in total. The second-order valence-electron chi connectivity index (χ2n) is 6.71. The average Bonchev–Trinajstić information content (AvgIpc) is 2.76. The number of aromatic nitrogens is 2. The molecule has 0 fully saturated rings. The van der Waals surface area contributed by atoms with Crippen molar-refractivity contribution in [3.63, 3.8) is 0 Å². The highest BCUT2D eigenvalue weighted by Crippen LogP contribution is 2.27. The Balaban J connectivity index is 1.93. The van der Waals surface area contributed by atoms with Crippen LogP contribution in [0.3, 0.4) is 0 Å². The van der Waals surface area contributed by atoms with Gasteiger partial charge in [0.1, 0.15) is 17.4 Å². The SMILES string of the molecule is COC[C@H](C)Nc1nccc(N(C(=O)Nc2ccc(F)cc2)c2ccc(OC)cc2)n1. The number of carbonyl (C=O) groups is 1. The van der Waals surface area contributed by atoms with E-state index in [1.807, 2.05) is 6.92 Å². The van der Waals surface area contributed by atoms with Crippen molar-refractivity contribution in [2.24, 2.45) is 0 Å². The molecule has 1 heterocycles. The Morgan fingerprint density at radius 1 is 1.10 bits per heavy atom. The van der Waals surface area contributed by atoms with Gasteiger partial charge in [-0.3, -0.25) is 0 Å². The number of hydrogen-bond donors (Lipinski definition) is 2. The van der Waals surface area contributed by atoms with Gasteiger partial charge in [-0.05, 0) is 55.5 Å². The molecule has 1 atom stereocenters. The number of urea groups is 1. The van der Waals surface area contributed by atoms with Crippen LogP contribution >= 0.6 is 0 Å². The maximum atomic E-state index is 13.2. The molecule has 0 aliphatic rings. The molecule has 1 aromatic heterocycles. The van der Waals surface area contributed by atoms with Crippen LogP contribution in [0.2, 0.25) is 0 Å². The van der Waals surface area contributed by atoms with Crippen LogP contribution in [-0.2, 0) is 4.74 Å². The summed E-state index contributed by atoms with van der Waals surface area (Å²) in [5.41, 5.74) is 1.01. The van der Waals surface area contributed by atoms with Crippen LogP contribution in [0.15, 0.2) is 60.8 Å². The molecule has 3 rings (SSSR count). The molecule has 0 saturated carbocycles. The van der Waals surface area contributed by atoms with Gasteiger partial charge in [0, 0.05) is 31.1 Å². The van der Waals surface area contributed by atoms with E-state index in [0.717, 1.165) is 0 Å². The zero-order chi connectivity index (χ0) is 22.2. The lowest BCUT2D eigenvalue weighted by atomic mass is 10.2. The Kier molecular flexibility index (Phi) is 7.34. The number of anilines is 4. The number of benzene rings is 2. The van der Waals surface area contributed by atoms with Crippen molar-refractivity contribution in [3.8, 4) is 5.75 Å². The predicted molar refractivity (Wildman–Crippen MR) is 118 cm³/mol. The standard InChI is InChI=1S/C22H24FN5O3/c1-15(14-30-2)25-21-24-13-12-20(27-21)28(18-8-10-19(31-3)11-9-18)22(29)26-17-6-4-16(23)5-7-17/h4-13,15H,14H2,1-3H3,(H,26,29)(H,24,25,27)/t15-/m0/s1. The van der Waals surface area contributed by atoms with Crippen LogP contribution in [0.25, 0.3) is 0 Å². The molecule has 0 radical (unpaired) electrons.